The van der Waals surface area contributed by atoms with Crippen molar-refractivity contribution >= 4 is 17.7 Å². The Bertz CT molecular complexity index is 503. The standard InChI is InChI=1S/C14H21N3O2S/c1-10-8-15-14(20-9-13(18)19)17(10)12-5-7-16-6-3-2-4-11(12)16/h8,11-12H,2-7,9H2,1H3,(H,18,19). The highest BCUT2D eigenvalue weighted by atomic mass is 32.2. The summed E-state index contributed by atoms with van der Waals surface area (Å²) in [6.07, 6.45) is 6.90. The molecule has 2 atom stereocenters. The van der Waals surface area contributed by atoms with Crippen LogP contribution in [-0.2, 0) is 4.79 Å². The van der Waals surface area contributed by atoms with Gasteiger partial charge in [-0.15, -0.1) is 0 Å². The van der Waals surface area contributed by atoms with Gasteiger partial charge in [-0.25, -0.2) is 4.98 Å². The number of fused-ring (bicyclic) bond motifs is 1. The number of piperidine rings is 1. The number of aromatic nitrogens is 2. The molecular weight excluding hydrogens is 274 g/mol. The predicted octanol–water partition coefficient (Wildman–Crippen LogP) is 2.17. The molecule has 6 heteroatoms. The normalized spacial score (nSPS) is 26.6. The number of imidazole rings is 1. The summed E-state index contributed by atoms with van der Waals surface area (Å²) in [6, 6.07) is 1.08. The number of nitrogens with zero attached hydrogens (tertiary/aromatic N) is 3. The monoisotopic (exact) mass is 295 g/mol. The van der Waals surface area contributed by atoms with Crippen LogP contribution in [0.15, 0.2) is 11.4 Å². The minimum atomic E-state index is -0.784. The second-order valence-corrected chi connectivity index (χ2v) is 6.63. The van der Waals surface area contributed by atoms with Crippen LogP contribution in [0, 0.1) is 6.92 Å². The van der Waals surface area contributed by atoms with Crippen molar-refractivity contribution in [2.24, 2.45) is 0 Å². The molecule has 1 aromatic heterocycles. The van der Waals surface area contributed by atoms with Crippen molar-refractivity contribution in [3.63, 3.8) is 0 Å². The smallest absolute Gasteiger partial charge is 0.313 e. The summed E-state index contributed by atoms with van der Waals surface area (Å²) in [5.74, 6) is -0.703. The van der Waals surface area contributed by atoms with E-state index in [1.165, 1.54) is 37.6 Å². The lowest BCUT2D eigenvalue weighted by Gasteiger charge is -2.33. The fourth-order valence-electron chi connectivity index (χ4n) is 3.58. The summed E-state index contributed by atoms with van der Waals surface area (Å²) in [5, 5.41) is 9.72. The number of hydrogen-bond donors (Lipinski definition) is 1. The Hall–Kier alpha value is -1.01. The first-order valence-corrected chi connectivity index (χ1v) is 8.28. The third kappa shape index (κ3) is 2.59. The largest absolute Gasteiger partial charge is 0.481 e. The van der Waals surface area contributed by atoms with Crippen molar-refractivity contribution in [3.05, 3.63) is 11.9 Å². The molecule has 0 amide bonds. The Morgan fingerprint density at radius 2 is 2.25 bits per heavy atom. The van der Waals surface area contributed by atoms with Crippen LogP contribution in [0.25, 0.3) is 0 Å². The van der Waals surface area contributed by atoms with E-state index in [2.05, 4.69) is 21.4 Å². The zero-order chi connectivity index (χ0) is 14.1. The van der Waals surface area contributed by atoms with E-state index in [1.54, 1.807) is 0 Å². The highest BCUT2D eigenvalue weighted by molar-refractivity contribution is 7.99. The molecule has 3 rings (SSSR count). The molecule has 0 saturated carbocycles. The Balaban J connectivity index is 1.82. The van der Waals surface area contributed by atoms with Crippen molar-refractivity contribution in [3.8, 4) is 0 Å². The Kier molecular flexibility index (Phi) is 4.03. The van der Waals surface area contributed by atoms with Gasteiger partial charge in [0.15, 0.2) is 5.16 Å². The fourth-order valence-corrected chi connectivity index (χ4v) is 4.38. The SMILES string of the molecule is Cc1cnc(SCC(=O)O)n1C1CCN2CCCCC12. The van der Waals surface area contributed by atoms with Gasteiger partial charge in [-0.1, -0.05) is 18.2 Å². The van der Waals surface area contributed by atoms with Crippen LogP contribution >= 0.6 is 11.8 Å². The zero-order valence-corrected chi connectivity index (χ0v) is 12.6. The minimum absolute atomic E-state index is 0.0809. The first kappa shape index (κ1) is 13.9. The number of aliphatic carboxylic acids is 1. The van der Waals surface area contributed by atoms with Crippen molar-refractivity contribution < 1.29 is 9.90 Å². The van der Waals surface area contributed by atoms with Gasteiger partial charge in [-0.3, -0.25) is 9.69 Å². The van der Waals surface area contributed by atoms with Gasteiger partial charge in [-0.05, 0) is 32.7 Å². The van der Waals surface area contributed by atoms with E-state index in [1.807, 2.05) is 6.20 Å². The maximum absolute atomic E-state index is 10.8. The lowest BCUT2D eigenvalue weighted by molar-refractivity contribution is -0.133. The molecule has 20 heavy (non-hydrogen) atoms. The summed E-state index contributed by atoms with van der Waals surface area (Å²) in [4.78, 5) is 17.8. The molecule has 2 aliphatic rings. The van der Waals surface area contributed by atoms with Gasteiger partial charge in [0.25, 0.3) is 0 Å². The number of carbonyl (C=O) groups is 1. The highest BCUT2D eigenvalue weighted by Gasteiger charge is 2.37. The molecule has 1 aromatic rings. The molecular formula is C14H21N3O2S. The van der Waals surface area contributed by atoms with Gasteiger partial charge in [-0.2, -0.15) is 0 Å². The van der Waals surface area contributed by atoms with Crippen molar-refractivity contribution in [2.75, 3.05) is 18.8 Å². The highest BCUT2D eigenvalue weighted by Crippen LogP contribution is 2.38. The molecule has 1 N–H and O–H groups in total. The van der Waals surface area contributed by atoms with Crippen molar-refractivity contribution in [1.29, 1.82) is 0 Å². The predicted molar refractivity (Wildman–Crippen MR) is 78.2 cm³/mol. The minimum Gasteiger partial charge on any atom is -0.481 e. The molecule has 0 radical (unpaired) electrons. The van der Waals surface area contributed by atoms with Crippen LogP contribution in [0.1, 0.15) is 37.4 Å². The molecule has 5 nitrogen and oxygen atoms in total. The van der Waals surface area contributed by atoms with Gasteiger partial charge in [0.1, 0.15) is 0 Å². The number of carboxylic acid groups (broad SMARTS) is 1. The van der Waals surface area contributed by atoms with Gasteiger partial charge in [0, 0.05) is 24.5 Å². The topological polar surface area (TPSA) is 58.4 Å². The van der Waals surface area contributed by atoms with Crippen molar-refractivity contribution in [2.45, 2.75) is 49.8 Å². The first-order chi connectivity index (χ1) is 9.66. The van der Waals surface area contributed by atoms with Gasteiger partial charge < -0.3 is 9.67 Å². The van der Waals surface area contributed by atoms with Crippen LogP contribution in [0.4, 0.5) is 0 Å². The number of hydrogen-bond acceptors (Lipinski definition) is 4. The third-order valence-corrected chi connectivity index (χ3v) is 5.38. The van der Waals surface area contributed by atoms with E-state index in [4.69, 9.17) is 5.11 Å². The third-order valence-electron chi connectivity index (χ3n) is 4.42. The van der Waals surface area contributed by atoms with Crippen molar-refractivity contribution in [1.82, 2.24) is 14.5 Å². The molecule has 2 aliphatic heterocycles. The number of carboxylic acids is 1. The number of aryl methyl sites for hydroxylation is 1. The molecule has 0 aromatic carbocycles. The van der Waals surface area contributed by atoms with E-state index in [0.29, 0.717) is 12.1 Å². The lowest BCUT2D eigenvalue weighted by Crippen LogP contribution is -2.38. The molecule has 2 fully saturated rings. The Labute approximate surface area is 123 Å². The summed E-state index contributed by atoms with van der Waals surface area (Å²) < 4.78 is 2.28. The first-order valence-electron chi connectivity index (χ1n) is 7.29. The van der Waals surface area contributed by atoms with E-state index < -0.39 is 5.97 Å². The summed E-state index contributed by atoms with van der Waals surface area (Å²) >= 11 is 1.34. The van der Waals surface area contributed by atoms with Gasteiger partial charge >= 0.3 is 5.97 Å². The number of rotatable bonds is 4. The van der Waals surface area contributed by atoms with Crippen LogP contribution < -0.4 is 0 Å². The van der Waals surface area contributed by atoms with E-state index >= 15 is 0 Å². The molecule has 3 heterocycles. The zero-order valence-electron chi connectivity index (χ0n) is 11.8. The van der Waals surface area contributed by atoms with E-state index in [0.717, 1.165) is 23.8 Å². The molecule has 0 bridgehead atoms. The van der Waals surface area contributed by atoms with E-state index in [9.17, 15) is 4.79 Å². The van der Waals surface area contributed by atoms with Crippen LogP contribution in [-0.4, -0.2) is 50.4 Å². The second-order valence-electron chi connectivity index (χ2n) is 5.69. The molecule has 110 valence electrons. The Morgan fingerprint density at radius 3 is 3.05 bits per heavy atom. The molecule has 0 spiro atoms. The molecule has 2 unspecified atom stereocenters. The average Bonchev–Trinajstić information content (AvgIpc) is 3.00. The van der Waals surface area contributed by atoms with Crippen LogP contribution in [0.2, 0.25) is 0 Å². The summed E-state index contributed by atoms with van der Waals surface area (Å²) in [5.41, 5.74) is 1.15. The number of thioether (sulfide) groups is 1. The molecule has 0 aliphatic carbocycles. The van der Waals surface area contributed by atoms with Gasteiger partial charge in [0.2, 0.25) is 0 Å². The maximum atomic E-state index is 10.8. The second kappa shape index (κ2) is 5.77. The van der Waals surface area contributed by atoms with Gasteiger partial charge in [0.05, 0.1) is 11.8 Å². The summed E-state index contributed by atoms with van der Waals surface area (Å²) in [6.45, 7) is 4.45. The Morgan fingerprint density at radius 1 is 1.40 bits per heavy atom. The van der Waals surface area contributed by atoms with E-state index in [-0.39, 0.29) is 5.75 Å². The fraction of sp³-hybridized carbons (Fsp3) is 0.714. The quantitative estimate of drug-likeness (QED) is 0.863. The lowest BCUT2D eigenvalue weighted by atomic mass is 9.99. The average molecular weight is 295 g/mol. The summed E-state index contributed by atoms with van der Waals surface area (Å²) in [7, 11) is 0. The maximum Gasteiger partial charge on any atom is 0.313 e. The molecule has 2 saturated heterocycles. The van der Waals surface area contributed by atoms with Crippen LogP contribution in [0.5, 0.6) is 0 Å². The van der Waals surface area contributed by atoms with Crippen LogP contribution in [0.3, 0.4) is 0 Å².